The number of hydrogen-bond donors (Lipinski definition) is 1. The number of carbonyl (C=O) groups excluding carboxylic acids is 2. The van der Waals surface area contributed by atoms with Gasteiger partial charge in [-0.05, 0) is 73.7 Å². The molecule has 1 N–H and O–H groups in total. The fraction of sp³-hybridized carbons (Fsp3) is 0.278. The summed E-state index contributed by atoms with van der Waals surface area (Å²) in [5.41, 5.74) is 3.61. The topological polar surface area (TPSA) is 86.8 Å². The molecule has 2 amide bonds. The van der Waals surface area contributed by atoms with E-state index in [1.165, 1.54) is 17.0 Å². The van der Waals surface area contributed by atoms with Crippen molar-refractivity contribution in [3.63, 3.8) is 0 Å². The smallest absolute Gasteiger partial charge is 0.264 e. The van der Waals surface area contributed by atoms with Crippen LogP contribution in [0.4, 0.5) is 5.69 Å². The molecule has 0 saturated carbocycles. The molecule has 2 atom stereocenters. The summed E-state index contributed by atoms with van der Waals surface area (Å²) in [6, 6.07) is 29.1. The predicted octanol–water partition coefficient (Wildman–Crippen LogP) is 6.71. The molecular weight excluding hydrogens is 606 g/mol. The molecule has 0 saturated heterocycles. The third-order valence-electron chi connectivity index (χ3n) is 7.92. The fourth-order valence-corrected chi connectivity index (χ4v) is 6.71. The van der Waals surface area contributed by atoms with Gasteiger partial charge in [0.15, 0.2) is 0 Å². The van der Waals surface area contributed by atoms with Crippen LogP contribution in [0.3, 0.4) is 0 Å². The Hall–Kier alpha value is -4.14. The van der Waals surface area contributed by atoms with Gasteiger partial charge in [-0.1, -0.05) is 97.4 Å². The Kier molecular flexibility index (Phi) is 11.4. The molecular formula is C36H40ClN3O4S. The summed E-state index contributed by atoms with van der Waals surface area (Å²) < 4.78 is 29.5. The highest BCUT2D eigenvalue weighted by Crippen LogP contribution is 2.30. The van der Waals surface area contributed by atoms with E-state index in [1.807, 2.05) is 75.4 Å². The molecule has 2 unspecified atom stereocenters. The predicted molar refractivity (Wildman–Crippen MR) is 181 cm³/mol. The van der Waals surface area contributed by atoms with Crippen LogP contribution in [-0.2, 0) is 32.6 Å². The highest BCUT2D eigenvalue weighted by Gasteiger charge is 2.35. The number of amides is 2. The van der Waals surface area contributed by atoms with Crippen LogP contribution in [0.5, 0.6) is 0 Å². The van der Waals surface area contributed by atoms with Crippen molar-refractivity contribution in [2.75, 3.05) is 10.8 Å². The van der Waals surface area contributed by atoms with E-state index in [4.69, 9.17) is 11.6 Å². The highest BCUT2D eigenvalue weighted by molar-refractivity contribution is 7.92. The second-order valence-corrected chi connectivity index (χ2v) is 13.5. The molecule has 0 fully saturated rings. The van der Waals surface area contributed by atoms with Crippen LogP contribution in [0.1, 0.15) is 42.5 Å². The van der Waals surface area contributed by atoms with Crippen LogP contribution < -0.4 is 9.62 Å². The lowest BCUT2D eigenvalue weighted by Crippen LogP contribution is -2.54. The van der Waals surface area contributed by atoms with Gasteiger partial charge in [0.05, 0.1) is 10.6 Å². The van der Waals surface area contributed by atoms with Crippen molar-refractivity contribution in [3.8, 4) is 0 Å². The van der Waals surface area contributed by atoms with Crippen LogP contribution in [0, 0.1) is 13.8 Å². The van der Waals surface area contributed by atoms with E-state index in [0.717, 1.165) is 21.0 Å². The summed E-state index contributed by atoms with van der Waals surface area (Å²) in [5.74, 6) is -0.816. The Morgan fingerprint density at radius 1 is 0.844 bits per heavy atom. The van der Waals surface area contributed by atoms with E-state index in [1.54, 1.807) is 43.3 Å². The lowest BCUT2D eigenvalue weighted by molar-refractivity contribution is -0.140. The molecule has 4 rings (SSSR count). The zero-order valence-electron chi connectivity index (χ0n) is 26.1. The Morgan fingerprint density at radius 3 is 2.11 bits per heavy atom. The monoisotopic (exact) mass is 645 g/mol. The minimum Gasteiger partial charge on any atom is -0.352 e. The molecule has 45 heavy (non-hydrogen) atoms. The van der Waals surface area contributed by atoms with Gasteiger partial charge >= 0.3 is 0 Å². The summed E-state index contributed by atoms with van der Waals surface area (Å²) in [6.45, 7) is 7.20. The molecule has 0 heterocycles. The van der Waals surface area contributed by atoms with Crippen LogP contribution >= 0.6 is 11.6 Å². The van der Waals surface area contributed by atoms with Crippen LogP contribution in [-0.4, -0.2) is 43.8 Å². The lowest BCUT2D eigenvalue weighted by atomic mass is 10.0. The maximum absolute atomic E-state index is 14.6. The van der Waals surface area contributed by atoms with Crippen molar-refractivity contribution < 1.29 is 18.0 Å². The number of anilines is 1. The minimum atomic E-state index is -4.20. The molecule has 236 valence electrons. The maximum Gasteiger partial charge on any atom is 0.264 e. The largest absolute Gasteiger partial charge is 0.352 e. The third-order valence-corrected chi connectivity index (χ3v) is 9.93. The normalized spacial score (nSPS) is 12.6. The first-order chi connectivity index (χ1) is 21.5. The number of halogens is 1. The van der Waals surface area contributed by atoms with Gasteiger partial charge in [0, 0.05) is 24.0 Å². The van der Waals surface area contributed by atoms with Gasteiger partial charge < -0.3 is 10.2 Å². The summed E-state index contributed by atoms with van der Waals surface area (Å²) in [6.07, 6.45) is 0.967. The van der Waals surface area contributed by atoms with Crippen LogP contribution in [0.15, 0.2) is 108 Å². The van der Waals surface area contributed by atoms with Gasteiger partial charge in [-0.15, -0.1) is 0 Å². The Morgan fingerprint density at radius 2 is 1.47 bits per heavy atom. The van der Waals surface area contributed by atoms with E-state index in [-0.39, 0.29) is 29.8 Å². The first-order valence-electron chi connectivity index (χ1n) is 15.0. The molecule has 0 bridgehead atoms. The van der Waals surface area contributed by atoms with Crippen molar-refractivity contribution >= 4 is 39.1 Å². The molecule has 0 aliphatic rings. The number of nitrogens with zero attached hydrogens (tertiary/aromatic N) is 2. The van der Waals surface area contributed by atoms with Crippen LogP contribution in [0.2, 0.25) is 5.02 Å². The van der Waals surface area contributed by atoms with Crippen molar-refractivity contribution in [3.05, 3.63) is 130 Å². The van der Waals surface area contributed by atoms with Gasteiger partial charge in [0.25, 0.3) is 10.0 Å². The van der Waals surface area contributed by atoms with E-state index in [0.29, 0.717) is 22.7 Å². The van der Waals surface area contributed by atoms with E-state index in [2.05, 4.69) is 5.32 Å². The number of rotatable bonds is 13. The van der Waals surface area contributed by atoms with Crippen molar-refractivity contribution in [2.24, 2.45) is 0 Å². The van der Waals surface area contributed by atoms with Crippen molar-refractivity contribution in [2.45, 2.75) is 64.1 Å². The SMILES string of the molecule is CCC(C)NC(=O)C(Cc1ccccc1)N(Cc1ccccc1C)C(=O)CN(c1cc(Cl)ccc1C)S(=O)(=O)c1ccccc1. The van der Waals surface area contributed by atoms with Crippen molar-refractivity contribution in [1.29, 1.82) is 0 Å². The standard InChI is InChI=1S/C36H40ClN3O4S/c1-5-28(4)38-36(42)34(22-29-15-8-6-9-16-29)39(24-30-17-13-12-14-26(30)2)35(41)25-40(33-23-31(37)21-20-27(33)3)45(43,44)32-18-10-7-11-19-32/h6-21,23,28,34H,5,22,24-25H2,1-4H3,(H,38,42). The second-order valence-electron chi connectivity index (χ2n) is 11.2. The van der Waals surface area contributed by atoms with E-state index in [9.17, 15) is 18.0 Å². The number of sulfonamides is 1. The summed E-state index contributed by atoms with van der Waals surface area (Å²) in [4.78, 5) is 30.1. The summed E-state index contributed by atoms with van der Waals surface area (Å²) in [5, 5.41) is 3.40. The number of benzene rings is 4. The molecule has 4 aromatic rings. The Balaban J connectivity index is 1.84. The number of carbonyl (C=O) groups is 2. The van der Waals surface area contributed by atoms with Gasteiger partial charge in [0.1, 0.15) is 12.6 Å². The van der Waals surface area contributed by atoms with Gasteiger partial charge in [-0.3, -0.25) is 13.9 Å². The molecule has 0 aliphatic carbocycles. The maximum atomic E-state index is 14.6. The second kappa shape index (κ2) is 15.2. The van der Waals surface area contributed by atoms with Gasteiger partial charge in [-0.2, -0.15) is 0 Å². The third kappa shape index (κ3) is 8.53. The Labute approximate surface area is 271 Å². The summed E-state index contributed by atoms with van der Waals surface area (Å²) in [7, 11) is -4.20. The first-order valence-corrected chi connectivity index (χ1v) is 16.8. The zero-order chi connectivity index (χ0) is 32.6. The van der Waals surface area contributed by atoms with E-state index < -0.39 is 28.5 Å². The fourth-order valence-electron chi connectivity index (χ4n) is 5.05. The highest BCUT2D eigenvalue weighted by atomic mass is 35.5. The van der Waals surface area contributed by atoms with Gasteiger partial charge in [0.2, 0.25) is 11.8 Å². The van der Waals surface area contributed by atoms with Gasteiger partial charge in [-0.25, -0.2) is 8.42 Å². The molecule has 0 aromatic heterocycles. The zero-order valence-corrected chi connectivity index (χ0v) is 27.7. The molecule has 0 radical (unpaired) electrons. The molecule has 4 aromatic carbocycles. The number of nitrogens with one attached hydrogen (secondary N) is 1. The summed E-state index contributed by atoms with van der Waals surface area (Å²) >= 11 is 6.36. The first kappa shape index (κ1) is 33.7. The minimum absolute atomic E-state index is 0.0398. The average molecular weight is 646 g/mol. The molecule has 0 spiro atoms. The van der Waals surface area contributed by atoms with E-state index >= 15 is 0 Å². The molecule has 9 heteroatoms. The molecule has 7 nitrogen and oxygen atoms in total. The lowest BCUT2D eigenvalue weighted by Gasteiger charge is -2.35. The van der Waals surface area contributed by atoms with Crippen LogP contribution in [0.25, 0.3) is 0 Å². The molecule has 0 aliphatic heterocycles. The number of aryl methyl sites for hydroxylation is 2. The number of hydrogen-bond acceptors (Lipinski definition) is 4. The Bertz CT molecular complexity index is 1720. The quantitative estimate of drug-likeness (QED) is 0.175. The average Bonchev–Trinajstić information content (AvgIpc) is 3.04. The van der Waals surface area contributed by atoms with Crippen molar-refractivity contribution in [1.82, 2.24) is 10.2 Å².